The van der Waals surface area contributed by atoms with Crippen LogP contribution in [0.2, 0.25) is 0 Å². The Bertz CT molecular complexity index is 1040. The van der Waals surface area contributed by atoms with E-state index in [2.05, 4.69) is 44.8 Å². The Morgan fingerprint density at radius 1 is 1.27 bits per heavy atom. The van der Waals surface area contributed by atoms with Gasteiger partial charge in [0.05, 0.1) is 36.9 Å². The number of hydrogen-bond donors (Lipinski definition) is 1. The zero-order valence-corrected chi connectivity index (χ0v) is 19.6. The van der Waals surface area contributed by atoms with E-state index in [0.717, 1.165) is 44.4 Å². The fourth-order valence-electron chi connectivity index (χ4n) is 3.31. The van der Waals surface area contributed by atoms with E-state index in [1.54, 1.807) is 11.8 Å². The van der Waals surface area contributed by atoms with Crippen molar-refractivity contribution in [3.63, 3.8) is 0 Å². The Hall–Kier alpha value is -1.92. The van der Waals surface area contributed by atoms with Gasteiger partial charge in [0.2, 0.25) is 0 Å². The molecule has 10 heteroatoms. The number of morpholine rings is 1. The number of anilines is 1. The predicted molar refractivity (Wildman–Crippen MR) is 126 cm³/mol. The van der Waals surface area contributed by atoms with Crippen molar-refractivity contribution in [1.29, 1.82) is 0 Å². The maximum atomic E-state index is 12.5. The summed E-state index contributed by atoms with van der Waals surface area (Å²) in [6, 6.07) is 7.55. The molecule has 0 atom stereocenters. The third-order valence-corrected chi connectivity index (χ3v) is 6.44. The maximum absolute atomic E-state index is 12.5. The molecule has 1 N–H and O–H groups in total. The first-order valence-electron chi connectivity index (χ1n) is 9.89. The lowest BCUT2D eigenvalue weighted by Crippen LogP contribution is -2.37. The second-order valence-electron chi connectivity index (χ2n) is 6.70. The summed E-state index contributed by atoms with van der Waals surface area (Å²) < 4.78 is 8.26. The average molecular weight is 538 g/mol. The highest BCUT2D eigenvalue weighted by Gasteiger charge is 2.20. The molecule has 158 valence electrons. The van der Waals surface area contributed by atoms with Crippen molar-refractivity contribution >= 4 is 57.1 Å². The number of carbonyl (C=O) groups is 1. The highest BCUT2D eigenvalue weighted by Crippen LogP contribution is 2.27. The second kappa shape index (κ2) is 9.92. The normalized spacial score (nSPS) is 14.3. The number of thioether (sulfide) groups is 1. The summed E-state index contributed by atoms with van der Waals surface area (Å²) in [6.07, 6.45) is 1.82. The van der Waals surface area contributed by atoms with Crippen molar-refractivity contribution in [3.05, 3.63) is 39.6 Å². The molecule has 1 aliphatic rings. The standard InChI is InChI=1S/C20H23IN6O2S/c1-2-30-20-24-17(26-9-11-29-12-10-26)15-13-23-27(18(15)25-20)8-7-22-19(28)14-5-3-4-6-16(14)21/h3-6,13H,2,7-12H2,1H3,(H,22,28). The molecule has 0 radical (unpaired) electrons. The minimum atomic E-state index is -0.0812. The van der Waals surface area contributed by atoms with Gasteiger partial charge in [0, 0.05) is 23.2 Å². The average Bonchev–Trinajstić information content (AvgIpc) is 3.17. The number of aromatic nitrogens is 4. The molecule has 1 fully saturated rings. The molecule has 8 nitrogen and oxygen atoms in total. The van der Waals surface area contributed by atoms with E-state index in [1.807, 2.05) is 35.1 Å². The van der Waals surface area contributed by atoms with Crippen LogP contribution >= 0.6 is 34.4 Å². The number of fused-ring (bicyclic) bond motifs is 1. The van der Waals surface area contributed by atoms with Crippen LogP contribution in [0.1, 0.15) is 17.3 Å². The largest absolute Gasteiger partial charge is 0.378 e. The Morgan fingerprint density at radius 2 is 2.07 bits per heavy atom. The van der Waals surface area contributed by atoms with Gasteiger partial charge in [-0.15, -0.1) is 0 Å². The lowest BCUT2D eigenvalue weighted by Gasteiger charge is -2.28. The van der Waals surface area contributed by atoms with E-state index >= 15 is 0 Å². The van der Waals surface area contributed by atoms with Gasteiger partial charge < -0.3 is 15.0 Å². The van der Waals surface area contributed by atoms with Crippen LogP contribution in [0.5, 0.6) is 0 Å². The van der Waals surface area contributed by atoms with Gasteiger partial charge in [0.15, 0.2) is 10.8 Å². The number of ether oxygens (including phenoxy) is 1. The topological polar surface area (TPSA) is 85.2 Å². The molecule has 3 heterocycles. The summed E-state index contributed by atoms with van der Waals surface area (Å²) in [5, 5.41) is 9.19. The van der Waals surface area contributed by atoms with Gasteiger partial charge in [-0.05, 0) is 40.5 Å². The Morgan fingerprint density at radius 3 is 2.83 bits per heavy atom. The molecule has 0 unspecified atom stereocenters. The van der Waals surface area contributed by atoms with Crippen LogP contribution in [0.3, 0.4) is 0 Å². The predicted octanol–water partition coefficient (Wildman–Crippen LogP) is 2.81. The first-order valence-corrected chi connectivity index (χ1v) is 12.0. The molecular formula is C20H23IN6O2S. The molecule has 1 aliphatic heterocycles. The number of nitrogens with zero attached hydrogens (tertiary/aromatic N) is 5. The Balaban J connectivity index is 1.53. The zero-order chi connectivity index (χ0) is 20.9. The summed E-state index contributed by atoms with van der Waals surface area (Å²) in [5.41, 5.74) is 1.48. The van der Waals surface area contributed by atoms with E-state index in [-0.39, 0.29) is 5.91 Å². The molecule has 0 saturated carbocycles. The van der Waals surface area contributed by atoms with Crippen molar-refractivity contribution in [2.75, 3.05) is 43.5 Å². The first-order chi connectivity index (χ1) is 14.7. The first kappa shape index (κ1) is 21.3. The molecule has 0 spiro atoms. The van der Waals surface area contributed by atoms with Crippen molar-refractivity contribution in [2.24, 2.45) is 0 Å². The highest BCUT2D eigenvalue weighted by atomic mass is 127. The number of amides is 1. The summed E-state index contributed by atoms with van der Waals surface area (Å²) in [5.74, 6) is 1.73. The van der Waals surface area contributed by atoms with Crippen LogP contribution < -0.4 is 10.2 Å². The van der Waals surface area contributed by atoms with Gasteiger partial charge in [-0.25, -0.2) is 14.6 Å². The molecule has 30 heavy (non-hydrogen) atoms. The Labute approximate surface area is 192 Å². The number of hydrogen-bond acceptors (Lipinski definition) is 7. The molecular weight excluding hydrogens is 515 g/mol. The third kappa shape index (κ3) is 4.70. The number of carbonyl (C=O) groups excluding carboxylic acids is 1. The summed E-state index contributed by atoms with van der Waals surface area (Å²) in [7, 11) is 0. The lowest BCUT2D eigenvalue weighted by molar-refractivity contribution is 0.0951. The number of halogens is 1. The molecule has 1 saturated heterocycles. The Kier molecular flexibility index (Phi) is 7.05. The quantitative estimate of drug-likeness (QED) is 0.282. The fraction of sp³-hybridized carbons (Fsp3) is 0.400. The van der Waals surface area contributed by atoms with Crippen molar-refractivity contribution < 1.29 is 9.53 Å². The molecule has 4 rings (SSSR count). The van der Waals surface area contributed by atoms with Gasteiger partial charge in [-0.2, -0.15) is 5.10 Å². The summed E-state index contributed by atoms with van der Waals surface area (Å²) in [6.45, 7) is 6.09. The minimum Gasteiger partial charge on any atom is -0.378 e. The highest BCUT2D eigenvalue weighted by molar-refractivity contribution is 14.1. The molecule has 1 aromatic carbocycles. The van der Waals surface area contributed by atoms with Gasteiger partial charge in [-0.1, -0.05) is 30.8 Å². The monoisotopic (exact) mass is 538 g/mol. The van der Waals surface area contributed by atoms with Crippen molar-refractivity contribution in [3.8, 4) is 0 Å². The number of rotatable bonds is 7. The number of benzene rings is 1. The zero-order valence-electron chi connectivity index (χ0n) is 16.7. The van der Waals surface area contributed by atoms with Crippen LogP contribution in [0, 0.1) is 3.57 Å². The third-order valence-electron chi connectivity index (χ3n) is 4.77. The molecule has 0 aliphatic carbocycles. The molecule has 1 amide bonds. The van der Waals surface area contributed by atoms with Crippen LogP contribution in [0.4, 0.5) is 5.82 Å². The van der Waals surface area contributed by atoms with Crippen molar-refractivity contribution in [2.45, 2.75) is 18.6 Å². The van der Waals surface area contributed by atoms with Crippen LogP contribution in [-0.4, -0.2) is 64.3 Å². The summed E-state index contributed by atoms with van der Waals surface area (Å²) >= 11 is 3.79. The van der Waals surface area contributed by atoms with E-state index in [9.17, 15) is 4.79 Å². The van der Waals surface area contributed by atoms with E-state index in [0.29, 0.717) is 31.9 Å². The van der Waals surface area contributed by atoms with E-state index in [4.69, 9.17) is 14.7 Å². The van der Waals surface area contributed by atoms with Crippen LogP contribution in [0.25, 0.3) is 11.0 Å². The van der Waals surface area contributed by atoms with E-state index < -0.39 is 0 Å². The minimum absolute atomic E-state index is 0.0812. The molecule has 3 aromatic rings. The van der Waals surface area contributed by atoms with Gasteiger partial charge >= 0.3 is 0 Å². The fourth-order valence-corrected chi connectivity index (χ4v) is 4.50. The maximum Gasteiger partial charge on any atom is 0.252 e. The smallest absolute Gasteiger partial charge is 0.252 e. The lowest BCUT2D eigenvalue weighted by atomic mass is 10.2. The van der Waals surface area contributed by atoms with Crippen molar-refractivity contribution in [1.82, 2.24) is 25.1 Å². The molecule has 0 bridgehead atoms. The van der Waals surface area contributed by atoms with Gasteiger partial charge in [0.1, 0.15) is 5.82 Å². The molecule has 2 aromatic heterocycles. The van der Waals surface area contributed by atoms with Gasteiger partial charge in [-0.3, -0.25) is 4.79 Å². The van der Waals surface area contributed by atoms with Crippen LogP contribution in [0.15, 0.2) is 35.6 Å². The summed E-state index contributed by atoms with van der Waals surface area (Å²) in [4.78, 5) is 24.2. The van der Waals surface area contributed by atoms with E-state index in [1.165, 1.54) is 0 Å². The SMILES string of the molecule is CCSc1nc(N2CCOCC2)c2cnn(CCNC(=O)c3ccccc3I)c2n1. The second-order valence-corrected chi connectivity index (χ2v) is 9.10. The number of nitrogens with one attached hydrogen (secondary N) is 1. The van der Waals surface area contributed by atoms with Crippen LogP contribution in [-0.2, 0) is 11.3 Å². The van der Waals surface area contributed by atoms with Gasteiger partial charge in [0.25, 0.3) is 5.91 Å².